The van der Waals surface area contributed by atoms with Crippen LogP contribution in [0.5, 0.6) is 0 Å². The molecule has 0 heteroatoms. The fourth-order valence-electron chi connectivity index (χ4n) is 1.08. The number of allylic oxidation sites excluding steroid dienone is 2. The zero-order valence-corrected chi connectivity index (χ0v) is 9.40. The second-order valence-corrected chi connectivity index (χ2v) is 3.35. The highest BCUT2D eigenvalue weighted by Crippen LogP contribution is 2.05. The Morgan fingerprint density at radius 2 is 1.93 bits per heavy atom. The quantitative estimate of drug-likeness (QED) is 0.453. The van der Waals surface area contributed by atoms with Crippen molar-refractivity contribution in [2.45, 2.75) is 52.4 Å². The molecule has 0 fully saturated rings. The van der Waals surface area contributed by atoms with E-state index in [1.54, 1.807) is 6.08 Å². The van der Waals surface area contributed by atoms with Crippen LogP contribution in [0, 0.1) is 24.2 Å². The molecule has 0 aromatic carbocycles. The van der Waals surface area contributed by atoms with Crippen LogP contribution in [-0.4, -0.2) is 0 Å². The van der Waals surface area contributed by atoms with Gasteiger partial charge >= 0.3 is 0 Å². The smallest absolute Gasteiger partial charge is 0.0103 e. The molecule has 0 N–H and O–H groups in total. The van der Waals surface area contributed by atoms with Crippen LogP contribution in [0.15, 0.2) is 11.6 Å². The Kier molecular flexibility index (Phi) is 9.13. The van der Waals surface area contributed by atoms with Gasteiger partial charge in [-0.1, -0.05) is 44.5 Å². The van der Waals surface area contributed by atoms with Crippen molar-refractivity contribution < 1.29 is 0 Å². The average molecular weight is 188 g/mol. The van der Waals surface area contributed by atoms with E-state index in [2.05, 4.69) is 31.6 Å². The van der Waals surface area contributed by atoms with Gasteiger partial charge in [-0.3, -0.25) is 0 Å². The van der Waals surface area contributed by atoms with Crippen LogP contribution in [0.3, 0.4) is 0 Å². The summed E-state index contributed by atoms with van der Waals surface area (Å²) < 4.78 is 0. The molecule has 14 heavy (non-hydrogen) atoms. The van der Waals surface area contributed by atoms with Gasteiger partial charge in [0.05, 0.1) is 0 Å². The molecule has 0 aromatic rings. The minimum absolute atomic E-state index is 0.991. The van der Waals surface area contributed by atoms with E-state index < -0.39 is 0 Å². The third-order valence-corrected chi connectivity index (χ3v) is 1.96. The molecule has 0 nitrogen and oxygen atoms in total. The standard InChI is InChI=1S/C14H20/c1-4-7-9-10-13-14(11-6-3)12-8-5-2/h3,11H,4-5,7-9,12H2,1-2H3/b14-11-. The largest absolute Gasteiger partial charge is 0.115 e. The predicted molar refractivity (Wildman–Crippen MR) is 63.7 cm³/mol. The third kappa shape index (κ3) is 7.51. The van der Waals surface area contributed by atoms with E-state index in [0.29, 0.717) is 0 Å². The lowest BCUT2D eigenvalue weighted by Crippen LogP contribution is -1.80. The highest BCUT2D eigenvalue weighted by molar-refractivity contribution is 5.33. The molecule has 0 atom stereocenters. The summed E-state index contributed by atoms with van der Waals surface area (Å²) in [6, 6.07) is 0. The Morgan fingerprint density at radius 1 is 1.21 bits per heavy atom. The van der Waals surface area contributed by atoms with Crippen LogP contribution < -0.4 is 0 Å². The lowest BCUT2D eigenvalue weighted by molar-refractivity contribution is 0.800. The lowest BCUT2D eigenvalue weighted by atomic mass is 10.1. The Bertz CT molecular complexity index is 252. The minimum atomic E-state index is 0.991. The van der Waals surface area contributed by atoms with E-state index >= 15 is 0 Å². The maximum absolute atomic E-state index is 5.24. The topological polar surface area (TPSA) is 0 Å². The molecule has 0 spiro atoms. The molecule has 0 saturated carbocycles. The molecule has 76 valence electrons. The highest BCUT2D eigenvalue weighted by Gasteiger charge is 1.90. The summed E-state index contributed by atoms with van der Waals surface area (Å²) in [5.74, 6) is 8.88. The van der Waals surface area contributed by atoms with Gasteiger partial charge in [0.1, 0.15) is 0 Å². The Labute approximate surface area is 88.8 Å². The van der Waals surface area contributed by atoms with Crippen LogP contribution in [-0.2, 0) is 0 Å². The van der Waals surface area contributed by atoms with Crippen molar-refractivity contribution in [1.82, 2.24) is 0 Å². The normalized spacial score (nSPS) is 10.2. The summed E-state index contributed by atoms with van der Waals surface area (Å²) >= 11 is 0. The number of hydrogen-bond acceptors (Lipinski definition) is 0. The van der Waals surface area contributed by atoms with E-state index in [1.807, 2.05) is 0 Å². The van der Waals surface area contributed by atoms with Gasteiger partial charge in [0, 0.05) is 12.0 Å². The van der Waals surface area contributed by atoms with Crippen molar-refractivity contribution >= 4 is 0 Å². The lowest BCUT2D eigenvalue weighted by Gasteiger charge is -1.95. The molecule has 0 aliphatic heterocycles. The molecule has 0 heterocycles. The molecule has 0 amide bonds. The molecule has 0 rings (SSSR count). The molecule has 0 radical (unpaired) electrons. The molecule has 0 aliphatic carbocycles. The predicted octanol–water partition coefficient (Wildman–Crippen LogP) is 3.93. The monoisotopic (exact) mass is 188 g/mol. The van der Waals surface area contributed by atoms with Crippen molar-refractivity contribution in [1.29, 1.82) is 0 Å². The maximum Gasteiger partial charge on any atom is 0.0103 e. The van der Waals surface area contributed by atoms with Crippen molar-refractivity contribution in [3.63, 3.8) is 0 Å². The molecular formula is C14H20. The molecule has 0 aliphatic rings. The summed E-state index contributed by atoms with van der Waals surface area (Å²) in [6.45, 7) is 4.36. The SMILES string of the molecule is C#C/C=C(\C#CCCCC)CCCC. The number of rotatable bonds is 5. The first kappa shape index (κ1) is 12.9. The van der Waals surface area contributed by atoms with Crippen LogP contribution >= 0.6 is 0 Å². The zero-order chi connectivity index (χ0) is 10.6. The Balaban J connectivity index is 4.01. The van der Waals surface area contributed by atoms with E-state index in [4.69, 9.17) is 6.42 Å². The second kappa shape index (κ2) is 9.94. The summed E-state index contributed by atoms with van der Waals surface area (Å²) in [6.07, 6.45) is 13.8. The van der Waals surface area contributed by atoms with E-state index in [1.165, 1.54) is 25.7 Å². The van der Waals surface area contributed by atoms with Crippen LogP contribution in [0.2, 0.25) is 0 Å². The molecular weight excluding hydrogens is 168 g/mol. The van der Waals surface area contributed by atoms with Gasteiger partial charge in [-0.25, -0.2) is 0 Å². The Hall–Kier alpha value is -1.14. The summed E-state index contributed by atoms with van der Waals surface area (Å²) in [5, 5.41) is 0. The van der Waals surface area contributed by atoms with Crippen LogP contribution in [0.4, 0.5) is 0 Å². The highest BCUT2D eigenvalue weighted by atomic mass is 13.9. The van der Waals surface area contributed by atoms with Gasteiger partial charge in [-0.15, -0.1) is 6.42 Å². The van der Waals surface area contributed by atoms with E-state index in [9.17, 15) is 0 Å². The van der Waals surface area contributed by atoms with E-state index in [0.717, 1.165) is 18.4 Å². The first-order valence-electron chi connectivity index (χ1n) is 5.49. The number of terminal acetylenes is 1. The van der Waals surface area contributed by atoms with Gasteiger partial charge in [-0.2, -0.15) is 0 Å². The number of hydrogen-bond donors (Lipinski definition) is 0. The molecule has 0 unspecified atom stereocenters. The van der Waals surface area contributed by atoms with Crippen molar-refractivity contribution in [2.24, 2.45) is 0 Å². The van der Waals surface area contributed by atoms with Crippen molar-refractivity contribution in [3.05, 3.63) is 11.6 Å². The first-order chi connectivity index (χ1) is 6.85. The fourth-order valence-corrected chi connectivity index (χ4v) is 1.08. The first-order valence-corrected chi connectivity index (χ1v) is 5.49. The molecule has 0 saturated heterocycles. The fraction of sp³-hybridized carbons (Fsp3) is 0.571. The zero-order valence-electron chi connectivity index (χ0n) is 9.40. The van der Waals surface area contributed by atoms with Gasteiger partial charge in [0.25, 0.3) is 0 Å². The van der Waals surface area contributed by atoms with Crippen LogP contribution in [0.25, 0.3) is 0 Å². The molecule has 0 aromatic heterocycles. The summed E-state index contributed by atoms with van der Waals surface area (Å²) in [5.41, 5.74) is 1.12. The van der Waals surface area contributed by atoms with E-state index in [-0.39, 0.29) is 0 Å². The summed E-state index contributed by atoms with van der Waals surface area (Å²) in [7, 11) is 0. The average Bonchev–Trinajstić information content (AvgIpc) is 2.20. The molecule has 0 bridgehead atoms. The number of unbranched alkanes of at least 4 members (excludes halogenated alkanes) is 3. The van der Waals surface area contributed by atoms with Crippen molar-refractivity contribution in [3.8, 4) is 24.2 Å². The Morgan fingerprint density at radius 3 is 2.50 bits per heavy atom. The summed E-state index contributed by atoms with van der Waals surface area (Å²) in [4.78, 5) is 0. The third-order valence-electron chi connectivity index (χ3n) is 1.96. The van der Waals surface area contributed by atoms with Crippen LogP contribution in [0.1, 0.15) is 52.4 Å². The maximum atomic E-state index is 5.24. The van der Waals surface area contributed by atoms with Gasteiger partial charge in [-0.05, 0) is 25.3 Å². The minimum Gasteiger partial charge on any atom is -0.115 e. The van der Waals surface area contributed by atoms with Crippen molar-refractivity contribution in [2.75, 3.05) is 0 Å². The van der Waals surface area contributed by atoms with Gasteiger partial charge < -0.3 is 0 Å². The van der Waals surface area contributed by atoms with Gasteiger partial charge in [0.15, 0.2) is 0 Å². The van der Waals surface area contributed by atoms with Gasteiger partial charge in [0.2, 0.25) is 0 Å². The second-order valence-electron chi connectivity index (χ2n) is 3.35.